The Labute approximate surface area is 147 Å². The number of carboxylic acids is 1. The van der Waals surface area contributed by atoms with Gasteiger partial charge in [-0.1, -0.05) is 0 Å². The number of hydrogen-bond donors (Lipinski definition) is 3. The topological polar surface area (TPSA) is 69.6 Å². The molecule has 130 valence electrons. The van der Waals surface area contributed by atoms with Gasteiger partial charge in [0.1, 0.15) is 0 Å². The van der Waals surface area contributed by atoms with E-state index in [2.05, 4.69) is 10.5 Å². The molecule has 0 bridgehead atoms. The van der Waals surface area contributed by atoms with E-state index < -0.39 is 39.7 Å². The minimum absolute atomic E-state index is 0.150. The van der Waals surface area contributed by atoms with Gasteiger partial charge in [0, 0.05) is 0 Å². The summed E-state index contributed by atoms with van der Waals surface area (Å²) in [5, 5.41) is 18.9. The molecule has 1 rings (SSSR count). The molecule has 1 aromatic carbocycles. The molecule has 0 aliphatic rings. The Kier molecular flexibility index (Phi) is 10.1. The quantitative estimate of drug-likeness (QED) is 0.163. The van der Waals surface area contributed by atoms with Crippen molar-refractivity contribution in [2.45, 2.75) is 44.5 Å². The molecule has 6 heteroatoms. The standard InChI is InChI=1S/C17H25FINO3/c1-2-3-11-19-20-14(9-10-16(22)23)12-15(21)17(18)13-7-5-4-6-8-13/h4-10,14-15,17,19-21H,2-3,11-12H2,1H3,(H,22,23)/b10-9-. The van der Waals surface area contributed by atoms with E-state index in [1.54, 1.807) is 30.3 Å². The van der Waals surface area contributed by atoms with E-state index in [9.17, 15) is 14.3 Å². The van der Waals surface area contributed by atoms with Gasteiger partial charge < -0.3 is 0 Å². The van der Waals surface area contributed by atoms with Crippen molar-refractivity contribution in [1.29, 1.82) is 0 Å². The number of halogens is 2. The average molecular weight is 437 g/mol. The number of carboxylic acid groups (broad SMARTS) is 1. The zero-order chi connectivity index (χ0) is 17.1. The maximum absolute atomic E-state index is 14.3. The number of aliphatic carboxylic acids is 1. The van der Waals surface area contributed by atoms with Gasteiger partial charge in [-0.3, -0.25) is 0 Å². The zero-order valence-electron chi connectivity index (χ0n) is 13.2. The summed E-state index contributed by atoms with van der Waals surface area (Å²) in [5.41, 5.74) is 0.434. The average Bonchev–Trinajstić information content (AvgIpc) is 2.56. The van der Waals surface area contributed by atoms with Gasteiger partial charge in [0.25, 0.3) is 0 Å². The van der Waals surface area contributed by atoms with E-state index in [4.69, 9.17) is 5.11 Å². The molecule has 3 unspecified atom stereocenters. The molecular formula is C17H25FINO3. The second-order valence-corrected chi connectivity index (χ2v) is 7.90. The Hall–Kier alpha value is -0.990. The molecule has 3 N–H and O–H groups in total. The van der Waals surface area contributed by atoms with Crippen LogP contribution in [-0.2, 0) is 4.79 Å². The van der Waals surface area contributed by atoms with Gasteiger partial charge in [0.2, 0.25) is 0 Å². The van der Waals surface area contributed by atoms with E-state index in [1.807, 2.05) is 0 Å². The fourth-order valence-electron chi connectivity index (χ4n) is 1.99. The Balaban J connectivity index is 2.61. The second kappa shape index (κ2) is 11.5. The van der Waals surface area contributed by atoms with Crippen LogP contribution in [0.4, 0.5) is 4.39 Å². The van der Waals surface area contributed by atoms with Crippen LogP contribution in [0.3, 0.4) is 0 Å². The number of alkyl halides is 2. The van der Waals surface area contributed by atoms with E-state index in [0.29, 0.717) is 5.56 Å². The van der Waals surface area contributed by atoms with Crippen molar-refractivity contribution < 1.29 is 19.4 Å². The fraction of sp³-hybridized carbons (Fsp3) is 0.471. The molecule has 0 spiro atoms. The summed E-state index contributed by atoms with van der Waals surface area (Å²) in [6, 6.07) is 8.21. The second-order valence-electron chi connectivity index (χ2n) is 5.24. The summed E-state index contributed by atoms with van der Waals surface area (Å²) < 4.78 is 18.7. The molecule has 0 amide bonds. The summed E-state index contributed by atoms with van der Waals surface area (Å²) in [6.45, 7) is 2.12. The molecule has 0 aliphatic carbocycles. The van der Waals surface area contributed by atoms with Gasteiger partial charge in [-0.15, -0.1) is 0 Å². The summed E-state index contributed by atoms with van der Waals surface area (Å²) in [5.74, 6) is -1.04. The van der Waals surface area contributed by atoms with Crippen molar-refractivity contribution in [3.63, 3.8) is 0 Å². The Morgan fingerprint density at radius 1 is 1.39 bits per heavy atom. The zero-order valence-corrected chi connectivity index (χ0v) is 15.5. The van der Waals surface area contributed by atoms with Crippen LogP contribution in [0.2, 0.25) is 0 Å². The summed E-state index contributed by atoms with van der Waals surface area (Å²) >= 11 is -0.470. The van der Waals surface area contributed by atoms with Crippen LogP contribution in [0.1, 0.15) is 37.9 Å². The van der Waals surface area contributed by atoms with Gasteiger partial charge in [0.05, 0.1) is 0 Å². The first-order valence-electron chi connectivity index (χ1n) is 7.70. The molecule has 0 radical (unpaired) electrons. The number of unbranched alkanes of at least 4 members (excludes halogenated alkanes) is 1. The first-order chi connectivity index (χ1) is 11.0. The number of aliphatic hydroxyl groups is 1. The number of nitrogens with one attached hydrogen (secondary N) is 1. The van der Waals surface area contributed by atoms with E-state index >= 15 is 0 Å². The first kappa shape index (κ1) is 20.1. The van der Waals surface area contributed by atoms with E-state index in [-0.39, 0.29) is 12.5 Å². The molecular weight excluding hydrogens is 412 g/mol. The fourth-order valence-corrected chi connectivity index (χ4v) is 4.67. The van der Waals surface area contributed by atoms with Crippen molar-refractivity contribution in [3.05, 3.63) is 48.0 Å². The van der Waals surface area contributed by atoms with Crippen LogP contribution in [0.5, 0.6) is 0 Å². The molecule has 1 aromatic rings. The number of benzene rings is 1. The Morgan fingerprint density at radius 3 is 2.70 bits per heavy atom. The van der Waals surface area contributed by atoms with E-state index in [1.165, 1.54) is 6.08 Å². The molecule has 0 aromatic heterocycles. The van der Waals surface area contributed by atoms with Crippen LogP contribution in [0, 0.1) is 0 Å². The van der Waals surface area contributed by atoms with Crippen LogP contribution in [0.15, 0.2) is 42.5 Å². The number of hydrogen-bond acceptors (Lipinski definition) is 3. The first-order valence-corrected chi connectivity index (χ1v) is 10.5. The Bertz CT molecular complexity index is 484. The molecule has 0 fully saturated rings. The summed E-state index contributed by atoms with van der Waals surface area (Å²) in [7, 11) is 0. The Morgan fingerprint density at radius 2 is 2.09 bits per heavy atom. The third kappa shape index (κ3) is 8.43. The summed E-state index contributed by atoms with van der Waals surface area (Å²) in [4.78, 5) is 10.7. The molecule has 23 heavy (non-hydrogen) atoms. The molecule has 0 saturated carbocycles. The van der Waals surface area contributed by atoms with Crippen LogP contribution >= 0.6 is 21.5 Å². The van der Waals surface area contributed by atoms with Crippen molar-refractivity contribution in [1.82, 2.24) is 3.53 Å². The predicted octanol–water partition coefficient (Wildman–Crippen LogP) is 3.47. The minimum atomic E-state index is -1.48. The van der Waals surface area contributed by atoms with Crippen molar-refractivity contribution in [3.8, 4) is 0 Å². The number of rotatable bonds is 11. The molecule has 3 atom stereocenters. The normalized spacial score (nSPS) is 15.6. The molecule has 0 saturated heterocycles. The predicted molar refractivity (Wildman–Crippen MR) is 99.8 cm³/mol. The molecule has 0 heterocycles. The SMILES string of the molecule is CCCC[IH]NC(/C=C\C(=O)O)CC(O)C(F)c1ccccc1. The van der Waals surface area contributed by atoms with Gasteiger partial charge >= 0.3 is 147 Å². The van der Waals surface area contributed by atoms with Gasteiger partial charge in [0.15, 0.2) is 0 Å². The molecule has 4 nitrogen and oxygen atoms in total. The van der Waals surface area contributed by atoms with Gasteiger partial charge in [-0.2, -0.15) is 0 Å². The van der Waals surface area contributed by atoms with E-state index in [0.717, 1.165) is 23.3 Å². The summed E-state index contributed by atoms with van der Waals surface area (Å²) in [6.07, 6.45) is 2.29. The van der Waals surface area contributed by atoms with Crippen molar-refractivity contribution in [2.75, 3.05) is 4.43 Å². The van der Waals surface area contributed by atoms with Gasteiger partial charge in [-0.05, 0) is 0 Å². The monoisotopic (exact) mass is 437 g/mol. The van der Waals surface area contributed by atoms with Crippen molar-refractivity contribution >= 4 is 27.4 Å². The third-order valence-electron chi connectivity index (χ3n) is 3.26. The third-order valence-corrected chi connectivity index (χ3v) is 6.00. The van der Waals surface area contributed by atoms with Crippen LogP contribution in [-0.4, -0.2) is 32.8 Å². The van der Waals surface area contributed by atoms with Crippen molar-refractivity contribution in [2.24, 2.45) is 0 Å². The maximum atomic E-state index is 14.3. The number of aliphatic hydroxyl groups excluding tert-OH is 1. The van der Waals surface area contributed by atoms with Crippen LogP contribution < -0.4 is 3.53 Å². The van der Waals surface area contributed by atoms with Gasteiger partial charge in [-0.25, -0.2) is 0 Å². The number of carbonyl (C=O) groups is 1. The van der Waals surface area contributed by atoms with Crippen LogP contribution in [0.25, 0.3) is 0 Å². The molecule has 0 aliphatic heterocycles.